The molecule has 0 spiro atoms. The Morgan fingerprint density at radius 3 is 2.58 bits per heavy atom. The van der Waals surface area contributed by atoms with E-state index < -0.39 is 0 Å². The summed E-state index contributed by atoms with van der Waals surface area (Å²) in [5.41, 5.74) is 0. The molecule has 0 fully saturated rings. The first kappa shape index (κ1) is 9.61. The quantitative estimate of drug-likeness (QED) is 0.564. The second-order valence-corrected chi connectivity index (χ2v) is 3.37. The second kappa shape index (κ2) is 5.22. The van der Waals surface area contributed by atoms with Crippen molar-refractivity contribution in [1.82, 2.24) is 4.90 Å². The number of nitrogens with zero attached hydrogens (tertiary/aromatic N) is 1. The van der Waals surface area contributed by atoms with Gasteiger partial charge >= 0.3 is 0 Å². The fourth-order valence-electron chi connectivity index (χ4n) is 1.63. The number of hydrogen-bond donors (Lipinski definition) is 0. The predicted molar refractivity (Wildman–Crippen MR) is 52.9 cm³/mol. The predicted octanol–water partition coefficient (Wildman–Crippen LogP) is 2.13. The average Bonchev–Trinajstić information content (AvgIpc) is 2.59. The largest absolute Gasteiger partial charge is 0.304 e. The van der Waals surface area contributed by atoms with Crippen LogP contribution in [-0.2, 0) is 0 Å². The Morgan fingerprint density at radius 2 is 2.08 bits per heavy atom. The van der Waals surface area contributed by atoms with Crippen molar-refractivity contribution in [3.05, 3.63) is 0 Å². The van der Waals surface area contributed by atoms with Gasteiger partial charge in [-0.2, -0.15) is 0 Å². The van der Waals surface area contributed by atoms with E-state index in [0.717, 1.165) is 6.42 Å². The molecule has 0 aromatic carbocycles. The summed E-state index contributed by atoms with van der Waals surface area (Å²) in [7, 11) is 0. The lowest BCUT2D eigenvalue weighted by molar-refractivity contribution is 0.286. The van der Waals surface area contributed by atoms with Crippen LogP contribution in [0.25, 0.3) is 0 Å². The molecule has 0 radical (unpaired) electrons. The van der Waals surface area contributed by atoms with Gasteiger partial charge in [0.2, 0.25) is 0 Å². The van der Waals surface area contributed by atoms with Crippen LogP contribution in [0, 0.1) is 17.8 Å². The molecule has 0 amide bonds. The summed E-state index contributed by atoms with van der Waals surface area (Å²) in [5.74, 6) is 7.15. The zero-order valence-electron chi connectivity index (χ0n) is 8.27. The van der Waals surface area contributed by atoms with Crippen LogP contribution >= 0.6 is 0 Å². The minimum absolute atomic E-state index is 0.700. The van der Waals surface area contributed by atoms with Crippen LogP contribution in [0.2, 0.25) is 0 Å². The lowest BCUT2D eigenvalue weighted by Gasteiger charge is -2.18. The molecular formula is C11H19N. The van der Waals surface area contributed by atoms with Gasteiger partial charge in [-0.05, 0) is 32.5 Å². The van der Waals surface area contributed by atoms with Crippen LogP contribution < -0.4 is 0 Å². The van der Waals surface area contributed by atoms with Crippen LogP contribution in [0.4, 0.5) is 0 Å². The van der Waals surface area contributed by atoms with E-state index in [1.165, 1.54) is 32.5 Å². The molecular weight excluding hydrogens is 146 g/mol. The molecule has 12 heavy (non-hydrogen) atoms. The summed E-state index contributed by atoms with van der Waals surface area (Å²) in [6.07, 6.45) is 3.68. The summed E-state index contributed by atoms with van der Waals surface area (Å²) in [6, 6.07) is 0. The van der Waals surface area contributed by atoms with Crippen LogP contribution in [-0.4, -0.2) is 24.5 Å². The zero-order chi connectivity index (χ0) is 8.81. The third-order valence-electron chi connectivity index (χ3n) is 2.61. The molecule has 1 aliphatic rings. The Bertz CT molecular complexity index is 171. The number of hydrogen-bond acceptors (Lipinski definition) is 1. The van der Waals surface area contributed by atoms with Crippen molar-refractivity contribution in [3.8, 4) is 11.8 Å². The molecule has 0 aromatic rings. The maximum absolute atomic E-state index is 3.28. The fourth-order valence-corrected chi connectivity index (χ4v) is 1.63. The molecule has 0 aromatic heterocycles. The van der Waals surface area contributed by atoms with Crippen molar-refractivity contribution in [2.24, 2.45) is 5.92 Å². The van der Waals surface area contributed by atoms with Gasteiger partial charge in [0.1, 0.15) is 0 Å². The lowest BCUT2D eigenvalue weighted by atomic mass is 10.1. The van der Waals surface area contributed by atoms with E-state index in [4.69, 9.17) is 0 Å². The van der Waals surface area contributed by atoms with Crippen LogP contribution in [0.1, 0.15) is 33.1 Å². The van der Waals surface area contributed by atoms with Gasteiger partial charge in [0.25, 0.3) is 0 Å². The molecule has 0 aliphatic heterocycles. The van der Waals surface area contributed by atoms with Crippen molar-refractivity contribution in [3.63, 3.8) is 0 Å². The highest BCUT2D eigenvalue weighted by Gasteiger charge is 2.09. The first-order chi connectivity index (χ1) is 5.86. The Balaban J connectivity index is 2.12. The smallest absolute Gasteiger partial charge is 0.0224 e. The summed E-state index contributed by atoms with van der Waals surface area (Å²) < 4.78 is 0. The van der Waals surface area contributed by atoms with Gasteiger partial charge < -0.3 is 4.90 Å². The van der Waals surface area contributed by atoms with Crippen LogP contribution in [0.5, 0.6) is 0 Å². The minimum Gasteiger partial charge on any atom is -0.304 e. The molecule has 0 heterocycles. The van der Waals surface area contributed by atoms with E-state index in [2.05, 4.69) is 30.6 Å². The zero-order valence-corrected chi connectivity index (χ0v) is 8.27. The van der Waals surface area contributed by atoms with E-state index in [1.807, 2.05) is 0 Å². The van der Waals surface area contributed by atoms with Gasteiger partial charge in [0.05, 0.1) is 0 Å². The average molecular weight is 165 g/mol. The SMILES string of the molecule is CCN(CC)CCC1C#CCC1. The van der Waals surface area contributed by atoms with Crippen LogP contribution in [0.15, 0.2) is 0 Å². The topological polar surface area (TPSA) is 3.24 Å². The Morgan fingerprint density at radius 1 is 1.33 bits per heavy atom. The fraction of sp³-hybridized carbons (Fsp3) is 0.818. The summed E-state index contributed by atoms with van der Waals surface area (Å²) >= 11 is 0. The van der Waals surface area contributed by atoms with Crippen molar-refractivity contribution < 1.29 is 0 Å². The van der Waals surface area contributed by atoms with Crippen molar-refractivity contribution in [1.29, 1.82) is 0 Å². The molecule has 68 valence electrons. The first-order valence-electron chi connectivity index (χ1n) is 5.07. The van der Waals surface area contributed by atoms with Gasteiger partial charge in [-0.15, -0.1) is 5.92 Å². The minimum atomic E-state index is 0.700. The van der Waals surface area contributed by atoms with Gasteiger partial charge in [0, 0.05) is 12.3 Å². The van der Waals surface area contributed by atoms with E-state index in [9.17, 15) is 0 Å². The normalized spacial score (nSPS) is 21.1. The molecule has 1 heteroatoms. The van der Waals surface area contributed by atoms with E-state index >= 15 is 0 Å². The van der Waals surface area contributed by atoms with Gasteiger partial charge in [-0.25, -0.2) is 0 Å². The third kappa shape index (κ3) is 2.87. The standard InChI is InChI=1S/C11H19N/c1-3-12(4-2)10-9-11-7-5-6-8-11/h11H,3-5,7,9-10H2,1-2H3. The summed E-state index contributed by atoms with van der Waals surface area (Å²) in [5, 5.41) is 0. The molecule has 0 saturated carbocycles. The highest BCUT2D eigenvalue weighted by molar-refractivity contribution is 5.10. The van der Waals surface area contributed by atoms with Gasteiger partial charge in [-0.3, -0.25) is 0 Å². The number of rotatable bonds is 5. The summed E-state index contributed by atoms with van der Waals surface area (Å²) in [4.78, 5) is 2.47. The van der Waals surface area contributed by atoms with E-state index in [0.29, 0.717) is 5.92 Å². The molecule has 0 bridgehead atoms. The van der Waals surface area contributed by atoms with E-state index in [1.54, 1.807) is 0 Å². The third-order valence-corrected chi connectivity index (χ3v) is 2.61. The maximum atomic E-state index is 3.28. The second-order valence-electron chi connectivity index (χ2n) is 3.37. The first-order valence-corrected chi connectivity index (χ1v) is 5.07. The molecule has 0 saturated heterocycles. The van der Waals surface area contributed by atoms with Crippen molar-refractivity contribution in [2.75, 3.05) is 19.6 Å². The van der Waals surface area contributed by atoms with E-state index in [-0.39, 0.29) is 0 Å². The Hall–Kier alpha value is -0.480. The van der Waals surface area contributed by atoms with Crippen molar-refractivity contribution >= 4 is 0 Å². The van der Waals surface area contributed by atoms with Gasteiger partial charge in [0.15, 0.2) is 0 Å². The van der Waals surface area contributed by atoms with Crippen LogP contribution in [0.3, 0.4) is 0 Å². The summed E-state index contributed by atoms with van der Waals surface area (Å²) in [6.45, 7) is 8.04. The lowest BCUT2D eigenvalue weighted by Crippen LogP contribution is -2.25. The maximum Gasteiger partial charge on any atom is 0.0224 e. The highest BCUT2D eigenvalue weighted by atomic mass is 15.1. The molecule has 1 rings (SSSR count). The monoisotopic (exact) mass is 165 g/mol. The molecule has 1 unspecified atom stereocenters. The molecule has 1 nitrogen and oxygen atoms in total. The Kier molecular flexibility index (Phi) is 4.18. The van der Waals surface area contributed by atoms with Gasteiger partial charge in [-0.1, -0.05) is 19.8 Å². The van der Waals surface area contributed by atoms with Crippen molar-refractivity contribution in [2.45, 2.75) is 33.1 Å². The molecule has 1 atom stereocenters. The highest BCUT2D eigenvalue weighted by Crippen LogP contribution is 2.15. The Labute approximate surface area is 76.1 Å². The molecule has 0 N–H and O–H groups in total. The molecule has 1 aliphatic carbocycles.